The Morgan fingerprint density at radius 2 is 1.64 bits per heavy atom. The fourth-order valence-electron chi connectivity index (χ4n) is 4.40. The average Bonchev–Trinajstić information content (AvgIpc) is 3.31. The lowest BCUT2D eigenvalue weighted by Gasteiger charge is -2.29. The molecular weight excluding hydrogens is 505 g/mol. The van der Waals surface area contributed by atoms with Gasteiger partial charge in [0.05, 0.1) is 5.69 Å². The molecule has 0 unspecified atom stereocenters. The van der Waals surface area contributed by atoms with Gasteiger partial charge < -0.3 is 20.1 Å². The topological polar surface area (TPSA) is 68.4 Å². The number of nitrogens with one attached hydrogen (secondary N) is 2. The van der Waals surface area contributed by atoms with Gasteiger partial charge in [0.15, 0.2) is 0 Å². The van der Waals surface area contributed by atoms with E-state index in [0.717, 1.165) is 34.2 Å². The molecule has 39 heavy (non-hydrogen) atoms. The first-order valence-electron chi connectivity index (χ1n) is 12.8. The molecule has 3 amide bonds. The molecule has 1 aromatic heterocycles. The number of aromatic amines is 1. The quantitative estimate of drug-likeness (QED) is 0.248. The molecule has 0 saturated carbocycles. The summed E-state index contributed by atoms with van der Waals surface area (Å²) in [5.41, 5.74) is 2.62. The van der Waals surface area contributed by atoms with E-state index < -0.39 is 17.7 Å². The minimum atomic E-state index is -0.907. The number of hydrogen-bond acceptors (Lipinski definition) is 2. The van der Waals surface area contributed by atoms with E-state index in [1.165, 1.54) is 17.0 Å². The van der Waals surface area contributed by atoms with E-state index >= 15 is 0 Å². The summed E-state index contributed by atoms with van der Waals surface area (Å²) in [6, 6.07) is 16.0. The van der Waals surface area contributed by atoms with Gasteiger partial charge in [-0.2, -0.15) is 0 Å². The van der Waals surface area contributed by atoms with Gasteiger partial charge in [0, 0.05) is 42.8 Å². The Morgan fingerprint density at radius 3 is 2.36 bits per heavy atom. The fourth-order valence-corrected chi connectivity index (χ4v) is 4.40. The monoisotopic (exact) mass is 536 g/mol. The van der Waals surface area contributed by atoms with Crippen LogP contribution in [0.25, 0.3) is 10.9 Å². The van der Waals surface area contributed by atoms with E-state index in [9.17, 15) is 22.8 Å². The molecule has 0 atom stereocenters. The molecule has 1 heterocycles. The molecule has 0 aliphatic heterocycles. The molecular formula is C30H31F3N4O2. The highest BCUT2D eigenvalue weighted by Crippen LogP contribution is 2.20. The number of anilines is 1. The third-order valence-corrected chi connectivity index (χ3v) is 6.34. The highest BCUT2D eigenvalue weighted by molar-refractivity contribution is 5.92. The summed E-state index contributed by atoms with van der Waals surface area (Å²) in [6.45, 7) is 4.38. The zero-order valence-electron chi connectivity index (χ0n) is 21.9. The maximum Gasteiger partial charge on any atom is 0.322 e. The first-order valence-corrected chi connectivity index (χ1v) is 12.8. The highest BCUT2D eigenvalue weighted by atomic mass is 19.1. The summed E-state index contributed by atoms with van der Waals surface area (Å²) in [5, 5.41) is 3.51. The van der Waals surface area contributed by atoms with Crippen molar-refractivity contribution in [2.24, 2.45) is 5.92 Å². The second-order valence-corrected chi connectivity index (χ2v) is 9.88. The number of halogens is 3. The number of H-pyrrole nitrogens is 1. The zero-order valence-corrected chi connectivity index (χ0v) is 21.9. The van der Waals surface area contributed by atoms with Crippen LogP contribution >= 0.6 is 0 Å². The van der Waals surface area contributed by atoms with E-state index in [0.29, 0.717) is 19.0 Å². The normalized spacial score (nSPS) is 11.1. The zero-order chi connectivity index (χ0) is 27.9. The maximum atomic E-state index is 14.2. The lowest BCUT2D eigenvalue weighted by Crippen LogP contribution is -2.46. The molecule has 0 radical (unpaired) electrons. The van der Waals surface area contributed by atoms with Crippen molar-refractivity contribution in [1.82, 2.24) is 14.8 Å². The largest absolute Gasteiger partial charge is 0.361 e. The lowest BCUT2D eigenvalue weighted by atomic mass is 10.1. The van der Waals surface area contributed by atoms with E-state index in [4.69, 9.17) is 0 Å². The van der Waals surface area contributed by atoms with Crippen molar-refractivity contribution in [3.05, 3.63) is 102 Å². The molecule has 0 saturated heterocycles. The van der Waals surface area contributed by atoms with Gasteiger partial charge in [0.25, 0.3) is 0 Å². The summed E-state index contributed by atoms with van der Waals surface area (Å²) >= 11 is 0. The van der Waals surface area contributed by atoms with Gasteiger partial charge in [-0.1, -0.05) is 44.2 Å². The molecule has 0 spiro atoms. The number of nitrogens with zero attached hydrogens (tertiary/aromatic N) is 2. The van der Waals surface area contributed by atoms with Crippen LogP contribution in [0.15, 0.2) is 72.9 Å². The van der Waals surface area contributed by atoms with Gasteiger partial charge in [-0.15, -0.1) is 0 Å². The summed E-state index contributed by atoms with van der Waals surface area (Å²) in [5.74, 6) is -2.32. The van der Waals surface area contributed by atoms with Crippen molar-refractivity contribution in [3.8, 4) is 0 Å². The number of fused-ring (bicyclic) bond motifs is 1. The molecule has 0 aliphatic carbocycles. The van der Waals surface area contributed by atoms with Crippen molar-refractivity contribution < 1.29 is 22.8 Å². The molecule has 3 aromatic carbocycles. The second-order valence-electron chi connectivity index (χ2n) is 9.88. The highest BCUT2D eigenvalue weighted by Gasteiger charge is 2.23. The fraction of sp³-hybridized carbons (Fsp3) is 0.267. The molecule has 0 aliphatic rings. The van der Waals surface area contributed by atoms with Crippen LogP contribution in [0.3, 0.4) is 0 Å². The van der Waals surface area contributed by atoms with E-state index in [1.807, 2.05) is 44.3 Å². The van der Waals surface area contributed by atoms with Crippen molar-refractivity contribution in [2.75, 3.05) is 25.0 Å². The Bertz CT molecular complexity index is 1440. The van der Waals surface area contributed by atoms with Crippen LogP contribution in [-0.2, 0) is 17.8 Å². The standard InChI is InChI=1S/C30H31F3N4O2/c1-20(2)17-37(30(39)35-28-12-11-24(32)15-26(28)33)19-29(38)36(18-21-7-9-23(31)10-8-21)14-13-22-16-34-27-6-4-3-5-25(22)27/h3-12,15-16,20,34H,13-14,17-19H2,1-2H3,(H,35,39). The van der Waals surface area contributed by atoms with Crippen LogP contribution < -0.4 is 5.32 Å². The molecule has 4 rings (SSSR count). The molecule has 6 nitrogen and oxygen atoms in total. The van der Waals surface area contributed by atoms with Crippen LogP contribution in [-0.4, -0.2) is 46.4 Å². The molecule has 204 valence electrons. The van der Waals surface area contributed by atoms with Crippen molar-refractivity contribution in [2.45, 2.75) is 26.8 Å². The predicted molar refractivity (Wildman–Crippen MR) is 146 cm³/mol. The first kappa shape index (κ1) is 27.8. The van der Waals surface area contributed by atoms with Crippen LogP contribution in [0.2, 0.25) is 0 Å². The third kappa shape index (κ3) is 7.40. The van der Waals surface area contributed by atoms with Crippen LogP contribution in [0.1, 0.15) is 25.0 Å². The summed E-state index contributed by atoms with van der Waals surface area (Å²) in [7, 11) is 0. The van der Waals surface area contributed by atoms with E-state index in [2.05, 4.69) is 10.3 Å². The van der Waals surface area contributed by atoms with Crippen LogP contribution in [0.5, 0.6) is 0 Å². The van der Waals surface area contributed by atoms with Crippen molar-refractivity contribution >= 4 is 28.5 Å². The number of hydrogen-bond donors (Lipinski definition) is 2. The Morgan fingerprint density at radius 1 is 0.923 bits per heavy atom. The molecule has 9 heteroatoms. The number of urea groups is 1. The maximum absolute atomic E-state index is 14.2. The van der Waals surface area contributed by atoms with Gasteiger partial charge in [-0.25, -0.2) is 18.0 Å². The van der Waals surface area contributed by atoms with Gasteiger partial charge in [-0.05, 0) is 53.8 Å². The number of benzene rings is 3. The molecule has 4 aromatic rings. The summed E-state index contributed by atoms with van der Waals surface area (Å²) in [4.78, 5) is 32.9. The predicted octanol–water partition coefficient (Wildman–Crippen LogP) is 6.35. The van der Waals surface area contributed by atoms with Crippen molar-refractivity contribution in [1.29, 1.82) is 0 Å². The Balaban J connectivity index is 1.52. The van der Waals surface area contributed by atoms with Gasteiger partial charge in [0.1, 0.15) is 24.0 Å². The van der Waals surface area contributed by atoms with E-state index in [-0.39, 0.29) is 43.0 Å². The third-order valence-electron chi connectivity index (χ3n) is 6.34. The Labute approximate surface area is 225 Å². The molecule has 0 fully saturated rings. The number of amides is 3. The van der Waals surface area contributed by atoms with Crippen molar-refractivity contribution in [3.63, 3.8) is 0 Å². The minimum absolute atomic E-state index is 0.0263. The minimum Gasteiger partial charge on any atom is -0.361 e. The van der Waals surface area contributed by atoms with Gasteiger partial charge >= 0.3 is 6.03 Å². The number of rotatable bonds is 10. The van der Waals surface area contributed by atoms with Gasteiger partial charge in [0.2, 0.25) is 5.91 Å². The number of aromatic nitrogens is 1. The Hall–Kier alpha value is -4.27. The molecule has 0 bridgehead atoms. The number of carbonyl (C=O) groups is 2. The second kappa shape index (κ2) is 12.5. The van der Waals surface area contributed by atoms with Gasteiger partial charge in [-0.3, -0.25) is 4.79 Å². The van der Waals surface area contributed by atoms with E-state index in [1.54, 1.807) is 17.0 Å². The number of para-hydroxylation sites is 1. The smallest absolute Gasteiger partial charge is 0.322 e. The first-order chi connectivity index (χ1) is 18.7. The van der Waals surface area contributed by atoms with Crippen LogP contribution in [0, 0.1) is 23.4 Å². The lowest BCUT2D eigenvalue weighted by molar-refractivity contribution is -0.132. The van der Waals surface area contributed by atoms with Crippen LogP contribution in [0.4, 0.5) is 23.7 Å². The average molecular weight is 537 g/mol. The molecule has 2 N–H and O–H groups in total. The Kier molecular flexibility index (Phi) is 8.91. The summed E-state index contributed by atoms with van der Waals surface area (Å²) in [6.07, 6.45) is 2.48. The number of carbonyl (C=O) groups excluding carboxylic acids is 2. The summed E-state index contributed by atoms with van der Waals surface area (Å²) < 4.78 is 41.0. The SMILES string of the molecule is CC(C)CN(CC(=O)N(CCc1c[nH]c2ccccc12)Cc1ccc(F)cc1)C(=O)Nc1ccc(F)cc1F.